The van der Waals surface area contributed by atoms with E-state index in [1.165, 1.54) is 6.07 Å². The molecule has 0 atom stereocenters. The van der Waals surface area contributed by atoms with E-state index >= 15 is 0 Å². The Labute approximate surface area is 83.8 Å². The molecule has 0 bridgehead atoms. The maximum atomic E-state index is 13.3. The van der Waals surface area contributed by atoms with Crippen LogP contribution in [0.25, 0.3) is 0 Å². The molecule has 0 unspecified atom stereocenters. The molecule has 1 rings (SSSR count). The van der Waals surface area contributed by atoms with Crippen LogP contribution in [-0.2, 0) is 6.54 Å². The van der Waals surface area contributed by atoms with Gasteiger partial charge in [0.1, 0.15) is 5.82 Å². The molecule has 0 spiro atoms. The van der Waals surface area contributed by atoms with Crippen molar-refractivity contribution in [2.75, 3.05) is 19.3 Å². The van der Waals surface area contributed by atoms with E-state index in [2.05, 4.69) is 6.58 Å². The van der Waals surface area contributed by atoms with Crippen molar-refractivity contribution < 1.29 is 4.39 Å². The van der Waals surface area contributed by atoms with Crippen LogP contribution in [0, 0.1) is 5.82 Å². The number of hydrogen-bond acceptors (Lipinski definition) is 2. The van der Waals surface area contributed by atoms with E-state index in [1.807, 2.05) is 11.9 Å². The first kappa shape index (κ1) is 10.7. The summed E-state index contributed by atoms with van der Waals surface area (Å²) in [4.78, 5) is 1.97. The van der Waals surface area contributed by atoms with Crippen LogP contribution in [0.15, 0.2) is 30.9 Å². The molecule has 76 valence electrons. The van der Waals surface area contributed by atoms with Crippen molar-refractivity contribution in [3.05, 3.63) is 42.2 Å². The van der Waals surface area contributed by atoms with Crippen molar-refractivity contribution in [3.8, 4) is 0 Å². The van der Waals surface area contributed by atoms with Crippen molar-refractivity contribution >= 4 is 5.69 Å². The number of likely N-dealkylation sites (N-methyl/N-ethyl adjacent to an activating group) is 1. The minimum Gasteiger partial charge on any atom is -0.399 e. The van der Waals surface area contributed by atoms with Gasteiger partial charge >= 0.3 is 0 Å². The third kappa shape index (κ3) is 2.85. The molecular formula is C11H15FN2. The predicted octanol–water partition coefficient (Wildman–Crippen LogP) is 2.03. The smallest absolute Gasteiger partial charge is 0.129 e. The van der Waals surface area contributed by atoms with Gasteiger partial charge < -0.3 is 5.73 Å². The molecule has 3 heteroatoms. The first-order chi connectivity index (χ1) is 6.63. The van der Waals surface area contributed by atoms with Gasteiger partial charge in [-0.15, -0.1) is 6.58 Å². The molecule has 1 aromatic rings. The molecule has 0 aliphatic carbocycles. The van der Waals surface area contributed by atoms with Gasteiger partial charge in [-0.2, -0.15) is 0 Å². The molecule has 0 saturated heterocycles. The van der Waals surface area contributed by atoms with E-state index in [9.17, 15) is 4.39 Å². The fraction of sp³-hybridized carbons (Fsp3) is 0.273. The summed E-state index contributed by atoms with van der Waals surface area (Å²) in [6.07, 6.45) is 1.79. The zero-order valence-corrected chi connectivity index (χ0v) is 8.33. The van der Waals surface area contributed by atoms with Crippen LogP contribution in [0.3, 0.4) is 0 Å². The molecular weight excluding hydrogens is 179 g/mol. The summed E-state index contributed by atoms with van der Waals surface area (Å²) >= 11 is 0. The molecule has 0 fully saturated rings. The number of nitrogens with two attached hydrogens (primary N) is 1. The van der Waals surface area contributed by atoms with Gasteiger partial charge in [-0.05, 0) is 19.2 Å². The molecule has 0 saturated carbocycles. The highest BCUT2D eigenvalue weighted by atomic mass is 19.1. The van der Waals surface area contributed by atoms with Crippen molar-refractivity contribution in [3.63, 3.8) is 0 Å². The number of nitrogen functional groups attached to an aromatic ring is 1. The second-order valence-electron chi connectivity index (χ2n) is 3.34. The number of halogens is 1. The first-order valence-corrected chi connectivity index (χ1v) is 4.47. The van der Waals surface area contributed by atoms with Gasteiger partial charge in [0.05, 0.1) is 0 Å². The molecule has 0 radical (unpaired) electrons. The third-order valence-electron chi connectivity index (χ3n) is 1.96. The summed E-state index contributed by atoms with van der Waals surface area (Å²) in [5, 5.41) is 0. The lowest BCUT2D eigenvalue weighted by molar-refractivity contribution is 0.356. The quantitative estimate of drug-likeness (QED) is 0.587. The predicted molar refractivity (Wildman–Crippen MR) is 57.3 cm³/mol. The summed E-state index contributed by atoms with van der Waals surface area (Å²) in [6.45, 7) is 4.93. The van der Waals surface area contributed by atoms with Gasteiger partial charge in [0.2, 0.25) is 0 Å². The Balaban J connectivity index is 2.71. The van der Waals surface area contributed by atoms with Crippen LogP contribution < -0.4 is 5.73 Å². The minimum atomic E-state index is -0.249. The minimum absolute atomic E-state index is 0.249. The van der Waals surface area contributed by atoms with Crippen LogP contribution in [0.2, 0.25) is 0 Å². The number of anilines is 1. The molecule has 0 heterocycles. The lowest BCUT2D eigenvalue weighted by Crippen LogP contribution is -2.18. The Kier molecular flexibility index (Phi) is 3.65. The number of rotatable bonds is 4. The molecule has 14 heavy (non-hydrogen) atoms. The highest BCUT2D eigenvalue weighted by molar-refractivity contribution is 5.40. The topological polar surface area (TPSA) is 29.3 Å². The van der Waals surface area contributed by atoms with Gasteiger partial charge in [0.25, 0.3) is 0 Å². The van der Waals surface area contributed by atoms with E-state index in [4.69, 9.17) is 5.73 Å². The van der Waals surface area contributed by atoms with Gasteiger partial charge in [-0.1, -0.05) is 12.1 Å². The molecule has 2 N–H and O–H groups in total. The zero-order chi connectivity index (χ0) is 10.6. The maximum Gasteiger partial charge on any atom is 0.129 e. The highest BCUT2D eigenvalue weighted by Crippen LogP contribution is 2.13. The third-order valence-corrected chi connectivity index (χ3v) is 1.96. The summed E-state index contributed by atoms with van der Waals surface area (Å²) in [6, 6.07) is 4.77. The van der Waals surface area contributed by atoms with Crippen LogP contribution in [0.5, 0.6) is 0 Å². The molecule has 1 aromatic carbocycles. The van der Waals surface area contributed by atoms with Crippen molar-refractivity contribution in [1.29, 1.82) is 0 Å². The monoisotopic (exact) mass is 194 g/mol. The lowest BCUT2D eigenvalue weighted by Gasteiger charge is -2.14. The van der Waals surface area contributed by atoms with E-state index in [1.54, 1.807) is 18.2 Å². The maximum absolute atomic E-state index is 13.3. The SMILES string of the molecule is C=CCN(C)Cc1ccc(N)cc1F. The van der Waals surface area contributed by atoms with Crippen molar-refractivity contribution in [2.45, 2.75) is 6.54 Å². The fourth-order valence-corrected chi connectivity index (χ4v) is 1.27. The molecule has 0 aromatic heterocycles. The average molecular weight is 194 g/mol. The normalized spacial score (nSPS) is 10.5. The standard InChI is InChI=1S/C11H15FN2/c1-3-6-14(2)8-9-4-5-10(13)7-11(9)12/h3-5,7H,1,6,8,13H2,2H3. The number of hydrogen-bond donors (Lipinski definition) is 1. The van der Waals surface area contributed by atoms with Crippen LogP contribution in [0.1, 0.15) is 5.56 Å². The fourth-order valence-electron chi connectivity index (χ4n) is 1.27. The van der Waals surface area contributed by atoms with E-state index in [-0.39, 0.29) is 5.82 Å². The van der Waals surface area contributed by atoms with Crippen molar-refractivity contribution in [2.24, 2.45) is 0 Å². The summed E-state index contributed by atoms with van der Waals surface area (Å²) in [7, 11) is 1.91. The largest absolute Gasteiger partial charge is 0.399 e. The molecule has 0 aliphatic heterocycles. The van der Waals surface area contributed by atoms with Gasteiger partial charge in [-0.25, -0.2) is 4.39 Å². The van der Waals surface area contributed by atoms with Crippen LogP contribution in [-0.4, -0.2) is 18.5 Å². The Morgan fingerprint density at radius 3 is 2.86 bits per heavy atom. The zero-order valence-electron chi connectivity index (χ0n) is 8.33. The second-order valence-corrected chi connectivity index (χ2v) is 3.34. The first-order valence-electron chi connectivity index (χ1n) is 4.47. The van der Waals surface area contributed by atoms with E-state index < -0.39 is 0 Å². The number of benzene rings is 1. The van der Waals surface area contributed by atoms with Gasteiger partial charge in [0.15, 0.2) is 0 Å². The second kappa shape index (κ2) is 4.77. The Morgan fingerprint density at radius 1 is 1.57 bits per heavy atom. The van der Waals surface area contributed by atoms with Gasteiger partial charge in [0, 0.05) is 24.3 Å². The summed E-state index contributed by atoms with van der Waals surface area (Å²) < 4.78 is 13.3. The van der Waals surface area contributed by atoms with E-state index in [0.717, 1.165) is 6.54 Å². The highest BCUT2D eigenvalue weighted by Gasteiger charge is 2.04. The summed E-state index contributed by atoms with van der Waals surface area (Å²) in [5.74, 6) is -0.249. The number of nitrogens with zero attached hydrogens (tertiary/aromatic N) is 1. The summed E-state index contributed by atoms with van der Waals surface area (Å²) in [5.41, 5.74) is 6.56. The Hall–Kier alpha value is -1.35. The Bertz CT molecular complexity index is 323. The van der Waals surface area contributed by atoms with Crippen LogP contribution >= 0.6 is 0 Å². The molecule has 0 aliphatic rings. The average Bonchev–Trinajstić information content (AvgIpc) is 2.10. The van der Waals surface area contributed by atoms with Crippen molar-refractivity contribution in [1.82, 2.24) is 4.90 Å². The molecule has 2 nitrogen and oxygen atoms in total. The van der Waals surface area contributed by atoms with Crippen LogP contribution in [0.4, 0.5) is 10.1 Å². The van der Waals surface area contributed by atoms with Gasteiger partial charge in [-0.3, -0.25) is 4.90 Å². The molecule has 0 amide bonds. The van der Waals surface area contributed by atoms with E-state index in [0.29, 0.717) is 17.8 Å². The lowest BCUT2D eigenvalue weighted by atomic mass is 10.2. The Morgan fingerprint density at radius 2 is 2.29 bits per heavy atom.